The van der Waals surface area contributed by atoms with Gasteiger partial charge in [0, 0.05) is 43.9 Å². The molecule has 0 aliphatic carbocycles. The molecule has 0 radical (unpaired) electrons. The van der Waals surface area contributed by atoms with Crippen molar-refractivity contribution < 1.29 is 9.47 Å². The van der Waals surface area contributed by atoms with Gasteiger partial charge >= 0.3 is 0 Å². The molecular weight excluding hydrogens is 240 g/mol. The summed E-state index contributed by atoms with van der Waals surface area (Å²) in [6.07, 6.45) is 1.09. The second kappa shape index (κ2) is 6.78. The lowest BCUT2D eigenvalue weighted by molar-refractivity contribution is 0.166. The Morgan fingerprint density at radius 2 is 1.95 bits per heavy atom. The van der Waals surface area contributed by atoms with E-state index in [0.717, 1.165) is 44.1 Å². The van der Waals surface area contributed by atoms with Crippen LogP contribution in [0.25, 0.3) is 0 Å². The first-order valence-electron chi connectivity index (χ1n) is 6.96. The van der Waals surface area contributed by atoms with E-state index < -0.39 is 0 Å². The summed E-state index contributed by atoms with van der Waals surface area (Å²) in [5, 5.41) is 3.40. The van der Waals surface area contributed by atoms with Crippen LogP contribution in [0, 0.1) is 0 Å². The number of hydrogen-bond donors (Lipinski definition) is 1. The number of hydrogen-bond acceptors (Lipinski definition) is 4. The van der Waals surface area contributed by atoms with Crippen molar-refractivity contribution >= 4 is 0 Å². The number of nitrogens with one attached hydrogen (secondary N) is 1. The summed E-state index contributed by atoms with van der Waals surface area (Å²) in [7, 11) is 3.41. The van der Waals surface area contributed by atoms with E-state index in [4.69, 9.17) is 9.47 Å². The number of ether oxygens (including phenoxy) is 2. The van der Waals surface area contributed by atoms with Gasteiger partial charge in [0.15, 0.2) is 0 Å². The minimum absolute atomic E-state index is 0.419. The second-order valence-corrected chi connectivity index (χ2v) is 4.82. The maximum Gasteiger partial charge on any atom is 0.127 e. The number of methoxy groups -OCH3 is 2. The molecule has 19 heavy (non-hydrogen) atoms. The molecule has 0 aromatic heterocycles. The normalized spacial score (nSPS) is 18.1. The molecule has 0 amide bonds. The Morgan fingerprint density at radius 3 is 2.53 bits per heavy atom. The molecule has 1 saturated heterocycles. The van der Waals surface area contributed by atoms with Crippen LogP contribution in [0.1, 0.15) is 24.9 Å². The van der Waals surface area contributed by atoms with Gasteiger partial charge in [-0.2, -0.15) is 0 Å². The van der Waals surface area contributed by atoms with Crippen molar-refractivity contribution in [3.05, 3.63) is 23.8 Å². The van der Waals surface area contributed by atoms with Crippen LogP contribution >= 0.6 is 0 Å². The highest BCUT2D eigenvalue weighted by Crippen LogP contribution is 2.34. The molecule has 0 saturated carbocycles. The minimum Gasteiger partial charge on any atom is -0.497 e. The van der Waals surface area contributed by atoms with Crippen molar-refractivity contribution in [3.8, 4) is 11.5 Å². The van der Waals surface area contributed by atoms with Gasteiger partial charge in [-0.3, -0.25) is 4.90 Å². The van der Waals surface area contributed by atoms with E-state index in [1.807, 2.05) is 12.1 Å². The minimum atomic E-state index is 0.419. The van der Waals surface area contributed by atoms with Crippen molar-refractivity contribution in [1.29, 1.82) is 0 Å². The Kier molecular flexibility index (Phi) is 5.05. The standard InChI is InChI=1S/C15H24N2O2/c1-4-14(17-9-7-16-8-10-17)13-6-5-12(18-2)11-15(13)19-3/h5-6,11,14,16H,4,7-10H2,1-3H3/t14-/m1/s1. The van der Waals surface area contributed by atoms with Gasteiger partial charge in [0.1, 0.15) is 11.5 Å². The van der Waals surface area contributed by atoms with Crippen molar-refractivity contribution in [2.24, 2.45) is 0 Å². The molecule has 1 heterocycles. The molecule has 106 valence electrons. The van der Waals surface area contributed by atoms with Gasteiger partial charge in [0.2, 0.25) is 0 Å². The van der Waals surface area contributed by atoms with Crippen LogP contribution in [0.2, 0.25) is 0 Å². The molecule has 1 aliphatic heterocycles. The Hall–Kier alpha value is -1.26. The largest absolute Gasteiger partial charge is 0.497 e. The number of piperazine rings is 1. The Bertz CT molecular complexity index is 403. The molecule has 1 aromatic carbocycles. The van der Waals surface area contributed by atoms with E-state index in [2.05, 4.69) is 23.2 Å². The highest BCUT2D eigenvalue weighted by Gasteiger charge is 2.23. The van der Waals surface area contributed by atoms with Gasteiger partial charge in [-0.1, -0.05) is 13.0 Å². The van der Waals surface area contributed by atoms with Gasteiger partial charge in [-0.15, -0.1) is 0 Å². The summed E-state index contributed by atoms with van der Waals surface area (Å²) < 4.78 is 10.8. The maximum atomic E-state index is 5.54. The van der Waals surface area contributed by atoms with E-state index in [1.165, 1.54) is 5.56 Å². The Labute approximate surface area is 115 Å². The van der Waals surface area contributed by atoms with Gasteiger partial charge in [-0.05, 0) is 12.5 Å². The average Bonchev–Trinajstić information content (AvgIpc) is 2.49. The molecule has 0 bridgehead atoms. The highest BCUT2D eigenvalue weighted by molar-refractivity contribution is 5.42. The van der Waals surface area contributed by atoms with Crippen molar-refractivity contribution in [1.82, 2.24) is 10.2 Å². The Balaban J connectivity index is 2.26. The fourth-order valence-corrected chi connectivity index (χ4v) is 2.76. The van der Waals surface area contributed by atoms with E-state index >= 15 is 0 Å². The number of rotatable bonds is 5. The molecule has 0 unspecified atom stereocenters. The molecule has 4 nitrogen and oxygen atoms in total. The van der Waals surface area contributed by atoms with Gasteiger partial charge in [-0.25, -0.2) is 0 Å². The van der Waals surface area contributed by atoms with E-state index in [1.54, 1.807) is 14.2 Å². The van der Waals surface area contributed by atoms with Crippen LogP contribution in [0.3, 0.4) is 0 Å². The average molecular weight is 264 g/mol. The van der Waals surface area contributed by atoms with Crippen LogP contribution in [0.15, 0.2) is 18.2 Å². The molecule has 0 spiro atoms. The van der Waals surface area contributed by atoms with Crippen molar-refractivity contribution in [3.63, 3.8) is 0 Å². The Morgan fingerprint density at radius 1 is 1.21 bits per heavy atom. The smallest absolute Gasteiger partial charge is 0.127 e. The van der Waals surface area contributed by atoms with Gasteiger partial charge in [0.25, 0.3) is 0 Å². The summed E-state index contributed by atoms with van der Waals surface area (Å²) in [5.74, 6) is 1.76. The number of nitrogens with zero attached hydrogens (tertiary/aromatic N) is 1. The summed E-state index contributed by atoms with van der Waals surface area (Å²) in [6.45, 7) is 6.54. The summed E-state index contributed by atoms with van der Waals surface area (Å²) >= 11 is 0. The van der Waals surface area contributed by atoms with Crippen molar-refractivity contribution in [2.75, 3.05) is 40.4 Å². The number of benzene rings is 1. The first-order chi connectivity index (χ1) is 9.30. The predicted octanol–water partition coefficient (Wildman–Crippen LogP) is 2.06. The molecule has 1 aromatic rings. The zero-order chi connectivity index (χ0) is 13.7. The van der Waals surface area contributed by atoms with Crippen LogP contribution in [0.4, 0.5) is 0 Å². The van der Waals surface area contributed by atoms with Crippen LogP contribution < -0.4 is 14.8 Å². The lowest BCUT2D eigenvalue weighted by Crippen LogP contribution is -2.45. The lowest BCUT2D eigenvalue weighted by atomic mass is 10.0. The van der Waals surface area contributed by atoms with E-state index in [9.17, 15) is 0 Å². The SMILES string of the molecule is CC[C@H](c1ccc(OC)cc1OC)N1CCNCC1. The molecule has 1 atom stereocenters. The summed E-state index contributed by atoms with van der Waals surface area (Å²) in [6, 6.07) is 6.54. The third-order valence-electron chi connectivity index (χ3n) is 3.78. The predicted molar refractivity (Wildman–Crippen MR) is 77.0 cm³/mol. The maximum absolute atomic E-state index is 5.54. The monoisotopic (exact) mass is 264 g/mol. The third-order valence-corrected chi connectivity index (χ3v) is 3.78. The second-order valence-electron chi connectivity index (χ2n) is 4.82. The molecule has 1 aliphatic rings. The molecule has 1 fully saturated rings. The first kappa shape index (κ1) is 14.2. The summed E-state index contributed by atoms with van der Waals surface area (Å²) in [4.78, 5) is 2.53. The third kappa shape index (κ3) is 3.19. The van der Waals surface area contributed by atoms with E-state index in [0.29, 0.717) is 6.04 Å². The van der Waals surface area contributed by atoms with Crippen molar-refractivity contribution in [2.45, 2.75) is 19.4 Å². The summed E-state index contributed by atoms with van der Waals surface area (Å²) in [5.41, 5.74) is 1.26. The lowest BCUT2D eigenvalue weighted by Gasteiger charge is -2.35. The first-order valence-corrected chi connectivity index (χ1v) is 6.96. The molecular formula is C15H24N2O2. The molecule has 2 rings (SSSR count). The van der Waals surface area contributed by atoms with Gasteiger partial charge in [0.05, 0.1) is 14.2 Å². The fraction of sp³-hybridized carbons (Fsp3) is 0.600. The molecule has 1 N–H and O–H groups in total. The topological polar surface area (TPSA) is 33.7 Å². The van der Waals surface area contributed by atoms with Crippen LogP contribution in [-0.4, -0.2) is 45.3 Å². The van der Waals surface area contributed by atoms with E-state index in [-0.39, 0.29) is 0 Å². The zero-order valence-electron chi connectivity index (χ0n) is 12.1. The zero-order valence-corrected chi connectivity index (χ0v) is 12.1. The van der Waals surface area contributed by atoms with Gasteiger partial charge < -0.3 is 14.8 Å². The van der Waals surface area contributed by atoms with Crippen LogP contribution in [-0.2, 0) is 0 Å². The highest BCUT2D eigenvalue weighted by atomic mass is 16.5. The molecule has 4 heteroatoms. The van der Waals surface area contributed by atoms with Crippen LogP contribution in [0.5, 0.6) is 11.5 Å². The quantitative estimate of drug-likeness (QED) is 0.882. The fourth-order valence-electron chi connectivity index (χ4n) is 2.76.